The monoisotopic (exact) mass is 392 g/mol. The Kier molecular flexibility index (Phi) is 8.97. The third kappa shape index (κ3) is 6.05. The Balaban J connectivity index is 2.94. The molecule has 0 bridgehead atoms. The van der Waals surface area contributed by atoms with Gasteiger partial charge in [-0.2, -0.15) is 0 Å². The normalized spacial score (nSPS) is 22.7. The molecule has 0 saturated heterocycles. The predicted molar refractivity (Wildman–Crippen MR) is 112 cm³/mol. The Morgan fingerprint density at radius 3 is 2.04 bits per heavy atom. The highest BCUT2D eigenvalue weighted by Gasteiger charge is 2.41. The molecule has 1 heterocycles. The van der Waals surface area contributed by atoms with E-state index in [9.17, 15) is 9.59 Å². The molecule has 152 valence electrons. The van der Waals surface area contributed by atoms with Crippen molar-refractivity contribution >= 4 is 19.8 Å². The average Bonchev–Trinajstić information content (AvgIpc) is 2.55. The van der Waals surface area contributed by atoms with Crippen LogP contribution in [-0.4, -0.2) is 38.6 Å². The van der Waals surface area contributed by atoms with E-state index in [-0.39, 0.29) is 24.5 Å². The fourth-order valence-electron chi connectivity index (χ4n) is 4.40. The number of Topliss-reactive ketones (excluding diaryl/α,β-unsaturated/α-hetero) is 1. The first-order valence-electron chi connectivity index (χ1n) is 9.98. The van der Waals surface area contributed by atoms with Crippen LogP contribution in [0.1, 0.15) is 55.4 Å². The van der Waals surface area contributed by atoms with Crippen molar-refractivity contribution in [1.82, 2.24) is 0 Å². The van der Waals surface area contributed by atoms with Crippen LogP contribution in [0, 0.1) is 17.8 Å². The maximum absolute atomic E-state index is 11.8. The van der Waals surface area contributed by atoms with Crippen LogP contribution in [-0.2, 0) is 19.1 Å². The van der Waals surface area contributed by atoms with E-state index in [2.05, 4.69) is 53.4 Å². The van der Waals surface area contributed by atoms with Crippen molar-refractivity contribution in [2.24, 2.45) is 5.92 Å². The number of ketones is 1. The molecule has 1 aliphatic heterocycles. The Hall–Kier alpha value is -1.38. The largest absolute Gasteiger partial charge is 0.463 e. The second kappa shape index (κ2) is 10.2. The fourth-order valence-corrected chi connectivity index (χ4v) is 10.0. The van der Waals surface area contributed by atoms with Gasteiger partial charge in [0.1, 0.15) is 24.6 Å². The van der Waals surface area contributed by atoms with Gasteiger partial charge in [-0.05, 0) is 29.6 Å². The molecule has 1 rings (SSSR count). The van der Waals surface area contributed by atoms with Gasteiger partial charge < -0.3 is 9.47 Å². The quantitative estimate of drug-likeness (QED) is 0.271. The van der Waals surface area contributed by atoms with Crippen molar-refractivity contribution in [3.05, 3.63) is 12.2 Å². The van der Waals surface area contributed by atoms with E-state index in [1.165, 1.54) is 13.8 Å². The summed E-state index contributed by atoms with van der Waals surface area (Å²) >= 11 is 0. The van der Waals surface area contributed by atoms with Gasteiger partial charge in [-0.3, -0.25) is 9.59 Å². The van der Waals surface area contributed by atoms with Crippen LogP contribution in [0.25, 0.3) is 0 Å². The van der Waals surface area contributed by atoms with Crippen molar-refractivity contribution in [2.75, 3.05) is 6.61 Å². The number of carbonyl (C=O) groups excluding carboxylic acids is 2. The van der Waals surface area contributed by atoms with E-state index in [1.54, 1.807) is 0 Å². The van der Waals surface area contributed by atoms with E-state index in [4.69, 9.17) is 9.47 Å². The molecule has 4 nitrogen and oxygen atoms in total. The smallest absolute Gasteiger partial charge is 0.302 e. The van der Waals surface area contributed by atoms with Crippen LogP contribution in [0.5, 0.6) is 0 Å². The highest BCUT2D eigenvalue weighted by atomic mass is 28.3. The van der Waals surface area contributed by atoms with E-state index in [0.717, 1.165) is 6.04 Å². The topological polar surface area (TPSA) is 52.6 Å². The van der Waals surface area contributed by atoms with Crippen LogP contribution < -0.4 is 0 Å². The fraction of sp³-hybridized carbons (Fsp3) is 0.727. The summed E-state index contributed by atoms with van der Waals surface area (Å²) in [5.41, 5.74) is 1.98. The molecule has 1 aliphatic rings. The van der Waals surface area contributed by atoms with Gasteiger partial charge in [0.15, 0.2) is 0 Å². The molecule has 0 radical (unpaired) electrons. The Labute approximate surface area is 166 Å². The first kappa shape index (κ1) is 23.7. The van der Waals surface area contributed by atoms with E-state index in [1.807, 2.05) is 12.2 Å². The van der Waals surface area contributed by atoms with Gasteiger partial charge in [0.25, 0.3) is 0 Å². The second-order valence-corrected chi connectivity index (χ2v) is 14.5. The van der Waals surface area contributed by atoms with Crippen LogP contribution in [0.2, 0.25) is 22.7 Å². The Morgan fingerprint density at radius 2 is 1.59 bits per heavy atom. The van der Waals surface area contributed by atoms with Gasteiger partial charge in [-0.25, -0.2) is 0 Å². The summed E-state index contributed by atoms with van der Waals surface area (Å²) in [4.78, 5) is 22.9. The van der Waals surface area contributed by atoms with Crippen LogP contribution in [0.4, 0.5) is 0 Å². The molecule has 27 heavy (non-hydrogen) atoms. The van der Waals surface area contributed by atoms with E-state index < -0.39 is 20.1 Å². The van der Waals surface area contributed by atoms with Gasteiger partial charge in [0, 0.05) is 13.0 Å². The number of esters is 1. The average molecular weight is 393 g/mol. The molecule has 3 atom stereocenters. The number of rotatable bonds is 7. The molecule has 0 aromatic heterocycles. The Bertz CT molecular complexity index is 588. The zero-order valence-corrected chi connectivity index (χ0v) is 19.2. The standard InChI is InChI=1S/C22H36O4Si/c1-15(2)27(16(3)4,17(5)6)13-9-10-20-11-12-21(18(7)23)22(26-20)14-25-19(8)24/h11-12,15-17,20-22H,13-14H2,1-8H3/t20-,21-,22-/m1/s1. The summed E-state index contributed by atoms with van der Waals surface area (Å²) in [5.74, 6) is 5.89. The molecule has 0 aromatic rings. The molecular formula is C22H36O4Si. The lowest BCUT2D eigenvalue weighted by atomic mass is 9.95. The summed E-state index contributed by atoms with van der Waals surface area (Å²) in [6.45, 7) is 16.9. The molecule has 0 amide bonds. The molecule has 0 aliphatic carbocycles. The SMILES string of the molecule is CC(=O)OC[C@H]1O[C@H](C#CC[Si](C(C)C)(C(C)C)C(C)C)C=C[C@@H]1C(C)=O. The Morgan fingerprint density at radius 1 is 1.04 bits per heavy atom. The summed E-state index contributed by atoms with van der Waals surface area (Å²) < 4.78 is 11.0. The molecule has 0 saturated carbocycles. The molecule has 5 heteroatoms. The molecular weight excluding hydrogens is 356 g/mol. The minimum absolute atomic E-state index is 0.000610. The van der Waals surface area contributed by atoms with Gasteiger partial charge in [0.05, 0.1) is 14.0 Å². The third-order valence-corrected chi connectivity index (χ3v) is 13.2. The summed E-state index contributed by atoms with van der Waals surface area (Å²) in [5, 5.41) is 0. The van der Waals surface area contributed by atoms with Crippen molar-refractivity contribution < 1.29 is 19.1 Å². The predicted octanol–water partition coefficient (Wildman–Crippen LogP) is 4.76. The number of ether oxygens (including phenoxy) is 2. The van der Waals surface area contributed by atoms with Gasteiger partial charge in [-0.1, -0.05) is 53.5 Å². The molecule has 0 N–H and O–H groups in total. The lowest BCUT2D eigenvalue weighted by Crippen LogP contribution is -2.43. The van der Waals surface area contributed by atoms with Crippen LogP contribution in [0.3, 0.4) is 0 Å². The minimum atomic E-state index is -1.57. The second-order valence-electron chi connectivity index (χ2n) is 8.49. The van der Waals surface area contributed by atoms with Gasteiger partial charge >= 0.3 is 5.97 Å². The first-order chi connectivity index (χ1) is 12.5. The lowest BCUT2D eigenvalue weighted by Gasteiger charge is -2.42. The minimum Gasteiger partial charge on any atom is -0.463 e. The highest BCUT2D eigenvalue weighted by molar-refractivity contribution is 6.84. The molecule has 0 aromatic carbocycles. The van der Waals surface area contributed by atoms with Crippen molar-refractivity contribution in [3.63, 3.8) is 0 Å². The van der Waals surface area contributed by atoms with Crippen LogP contribution >= 0.6 is 0 Å². The zero-order valence-electron chi connectivity index (χ0n) is 18.2. The van der Waals surface area contributed by atoms with Gasteiger partial charge in [0.2, 0.25) is 0 Å². The maximum Gasteiger partial charge on any atom is 0.302 e. The number of carbonyl (C=O) groups is 2. The highest BCUT2D eigenvalue weighted by Crippen LogP contribution is 2.44. The van der Waals surface area contributed by atoms with Crippen molar-refractivity contribution in [2.45, 2.75) is 90.3 Å². The number of hydrogen-bond acceptors (Lipinski definition) is 4. The summed E-state index contributed by atoms with van der Waals surface area (Å²) in [6.07, 6.45) is 2.86. The maximum atomic E-state index is 11.8. The number of hydrogen-bond donors (Lipinski definition) is 0. The van der Waals surface area contributed by atoms with E-state index in [0.29, 0.717) is 16.6 Å². The molecule has 0 spiro atoms. The summed E-state index contributed by atoms with van der Waals surface area (Å²) in [7, 11) is -1.57. The lowest BCUT2D eigenvalue weighted by molar-refractivity contribution is -0.149. The molecule has 0 unspecified atom stereocenters. The van der Waals surface area contributed by atoms with Crippen molar-refractivity contribution in [1.29, 1.82) is 0 Å². The third-order valence-electron chi connectivity index (χ3n) is 6.00. The zero-order chi connectivity index (χ0) is 20.8. The van der Waals surface area contributed by atoms with E-state index >= 15 is 0 Å². The molecule has 0 fully saturated rings. The van der Waals surface area contributed by atoms with Gasteiger partial charge in [-0.15, -0.1) is 5.92 Å². The van der Waals surface area contributed by atoms with Crippen molar-refractivity contribution in [3.8, 4) is 11.8 Å². The van der Waals surface area contributed by atoms with Crippen LogP contribution in [0.15, 0.2) is 12.2 Å². The summed E-state index contributed by atoms with van der Waals surface area (Å²) in [6, 6.07) is 0.943. The first-order valence-corrected chi connectivity index (χ1v) is 12.4.